The summed E-state index contributed by atoms with van der Waals surface area (Å²) in [7, 11) is 0. The molecule has 8 heteroatoms. The second kappa shape index (κ2) is 6.20. The number of aromatic nitrogens is 1. The van der Waals surface area contributed by atoms with Crippen molar-refractivity contribution in [2.75, 3.05) is 5.32 Å². The summed E-state index contributed by atoms with van der Waals surface area (Å²) in [5, 5.41) is 3.47. The molecule has 0 unspecified atom stereocenters. The molecule has 3 aromatic rings. The van der Waals surface area contributed by atoms with E-state index < -0.39 is 12.3 Å². The molecule has 0 atom stereocenters. The van der Waals surface area contributed by atoms with Gasteiger partial charge < -0.3 is 15.0 Å². The molecule has 124 valence electrons. The highest BCUT2D eigenvalue weighted by atomic mass is 79.9. The van der Waals surface area contributed by atoms with Crippen molar-refractivity contribution in [3.8, 4) is 5.75 Å². The summed E-state index contributed by atoms with van der Waals surface area (Å²) in [6.45, 7) is 0. The van der Waals surface area contributed by atoms with Crippen LogP contribution in [0.15, 0.2) is 53.0 Å². The first-order chi connectivity index (χ1) is 11.3. The fourth-order valence-corrected chi connectivity index (χ4v) is 2.82. The maximum Gasteiger partial charge on any atom is 0.573 e. The molecule has 0 saturated carbocycles. The van der Waals surface area contributed by atoms with E-state index in [0.717, 1.165) is 23.0 Å². The van der Waals surface area contributed by atoms with E-state index in [2.05, 4.69) is 31.0 Å². The van der Waals surface area contributed by atoms with Crippen LogP contribution in [0.4, 0.5) is 18.9 Å². The Morgan fingerprint density at radius 2 is 1.75 bits per heavy atom. The second-order valence-corrected chi connectivity index (χ2v) is 5.68. The van der Waals surface area contributed by atoms with Crippen molar-refractivity contribution in [2.45, 2.75) is 6.36 Å². The summed E-state index contributed by atoms with van der Waals surface area (Å²) in [4.78, 5) is 15.3. The Bertz CT molecular complexity index is 888. The number of carbonyl (C=O) groups excluding carboxylic acids is 1. The molecule has 4 nitrogen and oxygen atoms in total. The lowest BCUT2D eigenvalue weighted by molar-refractivity contribution is -0.274. The van der Waals surface area contributed by atoms with Gasteiger partial charge in [-0.15, -0.1) is 13.2 Å². The number of halogens is 4. The van der Waals surface area contributed by atoms with E-state index in [1.54, 1.807) is 0 Å². The Morgan fingerprint density at radius 3 is 2.38 bits per heavy atom. The predicted octanol–water partition coefficient (Wildman–Crippen LogP) is 5.08. The number of fused-ring (bicyclic) bond motifs is 1. The number of anilines is 1. The molecule has 1 amide bonds. The number of hydrogen-bond acceptors (Lipinski definition) is 2. The van der Waals surface area contributed by atoms with Gasteiger partial charge in [0, 0.05) is 16.6 Å². The van der Waals surface area contributed by atoms with Gasteiger partial charge in [0.2, 0.25) is 0 Å². The highest BCUT2D eigenvalue weighted by molar-refractivity contribution is 9.10. The lowest BCUT2D eigenvalue weighted by Crippen LogP contribution is -2.17. The van der Waals surface area contributed by atoms with Crippen LogP contribution in [0.2, 0.25) is 0 Å². The Morgan fingerprint density at radius 1 is 1.08 bits per heavy atom. The van der Waals surface area contributed by atoms with Crippen molar-refractivity contribution in [3.05, 3.63) is 58.7 Å². The number of nitrogens with one attached hydrogen (secondary N) is 2. The van der Waals surface area contributed by atoms with E-state index in [-0.39, 0.29) is 5.75 Å². The molecule has 2 N–H and O–H groups in total. The number of amides is 1. The van der Waals surface area contributed by atoms with Crippen molar-refractivity contribution in [3.63, 3.8) is 0 Å². The van der Waals surface area contributed by atoms with E-state index in [4.69, 9.17) is 0 Å². The van der Waals surface area contributed by atoms with Gasteiger partial charge in [-0.05, 0) is 46.3 Å². The lowest BCUT2D eigenvalue weighted by Gasteiger charge is -2.09. The van der Waals surface area contributed by atoms with Gasteiger partial charge in [0.15, 0.2) is 0 Å². The van der Waals surface area contributed by atoms with Gasteiger partial charge >= 0.3 is 6.36 Å². The molecule has 0 fully saturated rings. The number of rotatable bonds is 3. The van der Waals surface area contributed by atoms with Crippen LogP contribution in [-0.4, -0.2) is 17.3 Å². The number of benzene rings is 2. The van der Waals surface area contributed by atoms with Crippen LogP contribution in [0.25, 0.3) is 10.9 Å². The number of aromatic amines is 1. The van der Waals surface area contributed by atoms with Crippen molar-refractivity contribution in [1.82, 2.24) is 4.98 Å². The van der Waals surface area contributed by atoms with Crippen LogP contribution in [0, 0.1) is 0 Å². The van der Waals surface area contributed by atoms with Crippen molar-refractivity contribution in [2.24, 2.45) is 0 Å². The van der Waals surface area contributed by atoms with Gasteiger partial charge in [0.05, 0.1) is 4.47 Å². The average Bonchev–Trinajstić information content (AvgIpc) is 2.85. The molecule has 3 rings (SSSR count). The minimum atomic E-state index is -4.75. The lowest BCUT2D eigenvalue weighted by atomic mass is 10.2. The largest absolute Gasteiger partial charge is 0.573 e. The molecule has 0 bridgehead atoms. The Labute approximate surface area is 142 Å². The molecular formula is C16H10BrF3N2O2. The zero-order chi connectivity index (χ0) is 17.3. The number of H-pyrrole nitrogens is 1. The quantitative estimate of drug-likeness (QED) is 0.646. The van der Waals surface area contributed by atoms with Crippen LogP contribution in [-0.2, 0) is 0 Å². The highest BCUT2D eigenvalue weighted by Crippen LogP contribution is 2.29. The number of carbonyl (C=O) groups is 1. The maximum absolute atomic E-state index is 12.3. The summed E-state index contributed by atoms with van der Waals surface area (Å²) >= 11 is 3.37. The molecule has 2 aromatic carbocycles. The van der Waals surface area contributed by atoms with Gasteiger partial charge in [-0.3, -0.25) is 4.79 Å². The van der Waals surface area contributed by atoms with E-state index in [9.17, 15) is 18.0 Å². The molecular weight excluding hydrogens is 389 g/mol. The molecule has 0 aliphatic rings. The number of hydrogen-bond donors (Lipinski definition) is 2. The second-order valence-electron chi connectivity index (χ2n) is 4.89. The van der Waals surface area contributed by atoms with Crippen LogP contribution in [0.1, 0.15) is 10.5 Å². The molecule has 24 heavy (non-hydrogen) atoms. The van der Waals surface area contributed by atoms with Crippen molar-refractivity contribution < 1.29 is 22.7 Å². The number of ether oxygens (including phenoxy) is 1. The van der Waals surface area contributed by atoms with Crippen molar-refractivity contribution >= 4 is 38.4 Å². The van der Waals surface area contributed by atoms with Gasteiger partial charge in [-0.2, -0.15) is 0 Å². The molecule has 0 radical (unpaired) electrons. The third kappa shape index (κ3) is 3.53. The van der Waals surface area contributed by atoms with Gasteiger partial charge in [0.1, 0.15) is 11.4 Å². The first-order valence-corrected chi connectivity index (χ1v) is 7.56. The summed E-state index contributed by atoms with van der Waals surface area (Å²) in [5.41, 5.74) is 1.47. The normalized spacial score (nSPS) is 11.5. The van der Waals surface area contributed by atoms with E-state index in [1.165, 1.54) is 12.1 Å². The fraction of sp³-hybridized carbons (Fsp3) is 0.0625. The molecule has 1 aromatic heterocycles. The third-order valence-corrected chi connectivity index (χ3v) is 4.04. The summed E-state index contributed by atoms with van der Waals surface area (Å²) in [6.07, 6.45) is -4.75. The van der Waals surface area contributed by atoms with Crippen LogP contribution >= 0.6 is 15.9 Å². The van der Waals surface area contributed by atoms with E-state index >= 15 is 0 Å². The summed E-state index contributed by atoms with van der Waals surface area (Å²) < 4.78 is 40.8. The average molecular weight is 399 g/mol. The topological polar surface area (TPSA) is 54.1 Å². The van der Waals surface area contributed by atoms with Crippen LogP contribution in [0.5, 0.6) is 5.75 Å². The molecule has 0 aliphatic carbocycles. The van der Waals surface area contributed by atoms with E-state index in [1.807, 2.05) is 24.3 Å². The zero-order valence-electron chi connectivity index (χ0n) is 11.9. The van der Waals surface area contributed by atoms with Gasteiger partial charge in [-0.25, -0.2) is 0 Å². The predicted molar refractivity (Wildman–Crippen MR) is 87.1 cm³/mol. The molecule has 1 heterocycles. The van der Waals surface area contributed by atoms with Gasteiger partial charge in [-0.1, -0.05) is 18.2 Å². The van der Waals surface area contributed by atoms with E-state index in [0.29, 0.717) is 15.9 Å². The Hall–Kier alpha value is -2.48. The zero-order valence-corrected chi connectivity index (χ0v) is 13.5. The van der Waals surface area contributed by atoms with Crippen LogP contribution in [0.3, 0.4) is 0 Å². The van der Waals surface area contributed by atoms with Crippen molar-refractivity contribution in [1.29, 1.82) is 0 Å². The number of para-hydroxylation sites is 1. The van der Waals surface area contributed by atoms with Gasteiger partial charge in [0.25, 0.3) is 5.91 Å². The molecule has 0 aliphatic heterocycles. The smallest absolute Gasteiger partial charge is 0.406 e. The minimum Gasteiger partial charge on any atom is -0.406 e. The monoisotopic (exact) mass is 398 g/mol. The fourth-order valence-electron chi connectivity index (χ4n) is 2.20. The first kappa shape index (κ1) is 16.4. The molecule has 0 saturated heterocycles. The third-order valence-electron chi connectivity index (χ3n) is 3.22. The minimum absolute atomic E-state index is 0.326. The summed E-state index contributed by atoms with van der Waals surface area (Å²) in [6, 6.07) is 12.3. The molecule has 0 spiro atoms. The SMILES string of the molecule is O=C(Nc1ccc(OC(F)(F)F)cc1)c1[nH]c2ccccc2c1Br. The Balaban J connectivity index is 1.77. The Kier molecular flexibility index (Phi) is 4.23. The number of alkyl halides is 3. The maximum atomic E-state index is 12.3. The highest BCUT2D eigenvalue weighted by Gasteiger charge is 2.31. The first-order valence-electron chi connectivity index (χ1n) is 6.77. The standard InChI is InChI=1S/C16H10BrF3N2O2/c17-13-11-3-1-2-4-12(11)22-14(13)15(23)21-9-5-7-10(8-6-9)24-16(18,19)20/h1-8,22H,(H,21,23). The van der Waals surface area contributed by atoms with Crippen LogP contribution < -0.4 is 10.1 Å². The summed E-state index contributed by atoms with van der Waals surface area (Å²) in [5.74, 6) is -0.769.